The highest BCUT2D eigenvalue weighted by Gasteiger charge is 2.18. The number of carbonyl (C=O) groups is 2. The lowest BCUT2D eigenvalue weighted by Crippen LogP contribution is -2.43. The van der Waals surface area contributed by atoms with Gasteiger partial charge in [0.05, 0.1) is 0 Å². The van der Waals surface area contributed by atoms with Gasteiger partial charge in [0.2, 0.25) is 0 Å². The van der Waals surface area contributed by atoms with Gasteiger partial charge in [0.15, 0.2) is 0 Å². The molecule has 2 amide bonds. The van der Waals surface area contributed by atoms with Crippen LogP contribution in [0.5, 0.6) is 0 Å². The van der Waals surface area contributed by atoms with Crippen LogP contribution in [0.4, 0.5) is 0 Å². The van der Waals surface area contributed by atoms with E-state index in [9.17, 15) is 9.59 Å². The second-order valence-electron chi connectivity index (χ2n) is 2.65. The smallest absolute Gasteiger partial charge is 0.312 e. The van der Waals surface area contributed by atoms with Gasteiger partial charge in [-0.25, -0.2) is 0 Å². The molecule has 0 aromatic carbocycles. The van der Waals surface area contributed by atoms with Crippen molar-refractivity contribution >= 4 is 11.8 Å². The number of likely N-dealkylation sites (N-methyl/N-ethyl adjacent to an activating group) is 1. The summed E-state index contributed by atoms with van der Waals surface area (Å²) < 4.78 is 0. The number of nitrogens with one attached hydrogen (secondary N) is 1. The van der Waals surface area contributed by atoms with Gasteiger partial charge in [0.1, 0.15) is 0 Å². The van der Waals surface area contributed by atoms with Gasteiger partial charge < -0.3 is 10.2 Å². The highest BCUT2D eigenvalue weighted by Crippen LogP contribution is 1.91. The van der Waals surface area contributed by atoms with E-state index < -0.39 is 11.8 Å². The standard InChI is InChI=1S/C10H16N2O2/c1-4-7-12(8-5-2)10(14)9(13)11-6-3/h4-5H,1-2,6-8H2,3H3,(H,11,13). The summed E-state index contributed by atoms with van der Waals surface area (Å²) in [5.41, 5.74) is 0. The first-order chi connectivity index (χ1) is 6.67. The third-order valence-corrected chi connectivity index (χ3v) is 1.52. The molecule has 0 heterocycles. The van der Waals surface area contributed by atoms with Crippen molar-refractivity contribution in [3.63, 3.8) is 0 Å². The molecule has 0 fully saturated rings. The largest absolute Gasteiger partial charge is 0.348 e. The minimum absolute atomic E-state index is 0.349. The van der Waals surface area contributed by atoms with Gasteiger partial charge in [-0.3, -0.25) is 9.59 Å². The van der Waals surface area contributed by atoms with Crippen molar-refractivity contribution in [3.8, 4) is 0 Å². The lowest BCUT2D eigenvalue weighted by Gasteiger charge is -2.17. The lowest BCUT2D eigenvalue weighted by molar-refractivity contribution is -0.145. The van der Waals surface area contributed by atoms with E-state index in [1.807, 2.05) is 0 Å². The number of hydrogen-bond donors (Lipinski definition) is 1. The van der Waals surface area contributed by atoms with E-state index in [0.717, 1.165) is 0 Å². The molecule has 0 aromatic heterocycles. The summed E-state index contributed by atoms with van der Waals surface area (Å²) in [5.74, 6) is -1.14. The third-order valence-electron chi connectivity index (χ3n) is 1.52. The van der Waals surface area contributed by atoms with Crippen molar-refractivity contribution in [3.05, 3.63) is 25.3 Å². The summed E-state index contributed by atoms with van der Waals surface area (Å²) in [6, 6.07) is 0. The van der Waals surface area contributed by atoms with E-state index in [1.54, 1.807) is 19.1 Å². The fourth-order valence-electron chi connectivity index (χ4n) is 0.932. The Morgan fingerprint density at radius 2 is 1.79 bits per heavy atom. The quantitative estimate of drug-likeness (QED) is 0.508. The van der Waals surface area contributed by atoms with Crippen LogP contribution in [-0.2, 0) is 9.59 Å². The number of rotatable bonds is 5. The molecule has 0 saturated carbocycles. The summed E-state index contributed by atoms with van der Waals surface area (Å²) in [7, 11) is 0. The van der Waals surface area contributed by atoms with Gasteiger partial charge in [0.25, 0.3) is 0 Å². The second-order valence-corrected chi connectivity index (χ2v) is 2.65. The van der Waals surface area contributed by atoms with E-state index in [0.29, 0.717) is 19.6 Å². The molecule has 4 nitrogen and oxygen atoms in total. The van der Waals surface area contributed by atoms with Crippen LogP contribution in [0.15, 0.2) is 25.3 Å². The molecule has 78 valence electrons. The van der Waals surface area contributed by atoms with Crippen molar-refractivity contribution in [2.24, 2.45) is 0 Å². The fraction of sp³-hybridized carbons (Fsp3) is 0.400. The first kappa shape index (κ1) is 12.4. The van der Waals surface area contributed by atoms with Gasteiger partial charge in [-0.2, -0.15) is 0 Å². The predicted octanol–water partition coefficient (Wildman–Crippen LogP) is 0.323. The minimum Gasteiger partial charge on any atom is -0.348 e. The zero-order valence-corrected chi connectivity index (χ0v) is 8.45. The Morgan fingerprint density at radius 3 is 2.14 bits per heavy atom. The maximum Gasteiger partial charge on any atom is 0.312 e. The highest BCUT2D eigenvalue weighted by atomic mass is 16.2. The fourth-order valence-corrected chi connectivity index (χ4v) is 0.932. The Kier molecular flexibility index (Phi) is 6.11. The summed E-state index contributed by atoms with van der Waals surface area (Å²) in [4.78, 5) is 24.0. The Morgan fingerprint density at radius 1 is 1.29 bits per heavy atom. The van der Waals surface area contributed by atoms with Gasteiger partial charge in [-0.05, 0) is 6.92 Å². The monoisotopic (exact) mass is 196 g/mol. The van der Waals surface area contributed by atoms with Crippen molar-refractivity contribution in [1.29, 1.82) is 0 Å². The molecule has 0 unspecified atom stereocenters. The molecule has 1 N–H and O–H groups in total. The first-order valence-corrected chi connectivity index (χ1v) is 4.46. The van der Waals surface area contributed by atoms with Gasteiger partial charge >= 0.3 is 11.8 Å². The van der Waals surface area contributed by atoms with E-state index in [4.69, 9.17) is 0 Å². The number of nitrogens with zero attached hydrogens (tertiary/aromatic N) is 1. The topological polar surface area (TPSA) is 49.4 Å². The van der Waals surface area contributed by atoms with Crippen molar-refractivity contribution in [1.82, 2.24) is 10.2 Å². The molecule has 0 aliphatic carbocycles. The molecule has 0 aliphatic rings. The number of amides is 2. The van der Waals surface area contributed by atoms with Gasteiger partial charge in [-0.1, -0.05) is 12.2 Å². The van der Waals surface area contributed by atoms with Crippen LogP contribution in [0, 0.1) is 0 Å². The van der Waals surface area contributed by atoms with Crippen LogP contribution >= 0.6 is 0 Å². The number of hydrogen-bond acceptors (Lipinski definition) is 2. The lowest BCUT2D eigenvalue weighted by atomic mass is 10.4. The maximum absolute atomic E-state index is 11.4. The number of carbonyl (C=O) groups excluding carboxylic acids is 2. The van der Waals surface area contributed by atoms with Gasteiger partial charge in [-0.15, -0.1) is 13.2 Å². The van der Waals surface area contributed by atoms with Crippen LogP contribution in [0.2, 0.25) is 0 Å². The average molecular weight is 196 g/mol. The molecule has 0 atom stereocenters. The molecule has 0 saturated heterocycles. The molecule has 0 rings (SSSR count). The van der Waals surface area contributed by atoms with Crippen molar-refractivity contribution in [2.45, 2.75) is 6.92 Å². The zero-order chi connectivity index (χ0) is 11.0. The molecule has 0 bridgehead atoms. The molecular formula is C10H16N2O2. The van der Waals surface area contributed by atoms with Crippen molar-refractivity contribution < 1.29 is 9.59 Å². The Labute approximate surface area is 84.3 Å². The maximum atomic E-state index is 11.4. The average Bonchev–Trinajstić information content (AvgIpc) is 2.17. The van der Waals surface area contributed by atoms with Crippen LogP contribution in [-0.4, -0.2) is 36.3 Å². The Bertz CT molecular complexity index is 226. The molecule has 0 aromatic rings. The predicted molar refractivity (Wildman–Crippen MR) is 55.7 cm³/mol. The van der Waals surface area contributed by atoms with Crippen LogP contribution in [0.1, 0.15) is 6.92 Å². The van der Waals surface area contributed by atoms with Crippen molar-refractivity contribution in [2.75, 3.05) is 19.6 Å². The van der Waals surface area contributed by atoms with Crippen LogP contribution in [0.25, 0.3) is 0 Å². The van der Waals surface area contributed by atoms with E-state index in [2.05, 4.69) is 18.5 Å². The summed E-state index contributed by atoms with van der Waals surface area (Å²) in [6.45, 7) is 9.92. The molecule has 0 radical (unpaired) electrons. The minimum atomic E-state index is -0.587. The third kappa shape index (κ3) is 3.89. The Hall–Kier alpha value is -1.58. The van der Waals surface area contributed by atoms with Gasteiger partial charge in [0, 0.05) is 19.6 Å². The SMILES string of the molecule is C=CCN(CC=C)C(=O)C(=O)NCC. The zero-order valence-electron chi connectivity index (χ0n) is 8.45. The van der Waals surface area contributed by atoms with Crippen LogP contribution < -0.4 is 5.32 Å². The molecule has 14 heavy (non-hydrogen) atoms. The first-order valence-electron chi connectivity index (χ1n) is 4.46. The molecule has 0 aliphatic heterocycles. The Balaban J connectivity index is 4.33. The summed E-state index contributed by atoms with van der Waals surface area (Å²) >= 11 is 0. The van der Waals surface area contributed by atoms with E-state index in [-0.39, 0.29) is 0 Å². The van der Waals surface area contributed by atoms with E-state index in [1.165, 1.54) is 4.90 Å². The highest BCUT2D eigenvalue weighted by molar-refractivity contribution is 6.35. The second kappa shape index (κ2) is 6.88. The molecule has 4 heteroatoms. The normalized spacial score (nSPS) is 8.93. The summed E-state index contributed by atoms with van der Waals surface area (Å²) in [5, 5.41) is 2.44. The molecule has 0 spiro atoms. The summed E-state index contributed by atoms with van der Waals surface area (Å²) in [6.07, 6.45) is 3.14. The molecular weight excluding hydrogens is 180 g/mol. The van der Waals surface area contributed by atoms with Crippen LogP contribution in [0.3, 0.4) is 0 Å². The van der Waals surface area contributed by atoms with E-state index >= 15 is 0 Å².